The molecule has 8 heteroatoms. The van der Waals surface area contributed by atoms with Gasteiger partial charge in [-0.3, -0.25) is 10.6 Å². The minimum Gasteiger partial charge on any atom is -0.449 e. The van der Waals surface area contributed by atoms with Crippen LogP contribution in [0.5, 0.6) is 0 Å². The summed E-state index contributed by atoms with van der Waals surface area (Å²) in [6, 6.07) is 6.87. The quantitative estimate of drug-likeness (QED) is 0.436. The number of carbonyl (C=O) groups excluding carboxylic acids is 2. The molecule has 30 heavy (non-hydrogen) atoms. The topological polar surface area (TPSA) is 83.1 Å². The van der Waals surface area contributed by atoms with Gasteiger partial charge < -0.3 is 19.3 Å². The first-order chi connectivity index (χ1) is 14.4. The van der Waals surface area contributed by atoms with Crippen LogP contribution < -0.4 is 10.6 Å². The SMILES string of the molecule is CCN(C)CCCCOC(=O)Nc1cccc(NC(=O)OCCCCN(C)CC)c1. The van der Waals surface area contributed by atoms with E-state index in [0.29, 0.717) is 24.6 Å². The lowest BCUT2D eigenvalue weighted by molar-refractivity contribution is 0.157. The number of nitrogens with one attached hydrogen (secondary N) is 2. The lowest BCUT2D eigenvalue weighted by Gasteiger charge is -2.13. The van der Waals surface area contributed by atoms with Crippen molar-refractivity contribution in [1.82, 2.24) is 9.80 Å². The van der Waals surface area contributed by atoms with E-state index in [4.69, 9.17) is 9.47 Å². The first-order valence-electron chi connectivity index (χ1n) is 10.8. The second-order valence-corrected chi connectivity index (χ2v) is 7.31. The molecule has 0 unspecified atom stereocenters. The van der Waals surface area contributed by atoms with Gasteiger partial charge in [0.2, 0.25) is 0 Å². The van der Waals surface area contributed by atoms with Crippen molar-refractivity contribution in [2.45, 2.75) is 39.5 Å². The summed E-state index contributed by atoms with van der Waals surface area (Å²) < 4.78 is 10.4. The fourth-order valence-corrected chi connectivity index (χ4v) is 2.60. The van der Waals surface area contributed by atoms with Crippen LogP contribution in [0.15, 0.2) is 24.3 Å². The summed E-state index contributed by atoms with van der Waals surface area (Å²) in [7, 11) is 4.13. The van der Waals surface area contributed by atoms with Crippen molar-refractivity contribution in [2.75, 3.05) is 64.1 Å². The van der Waals surface area contributed by atoms with Gasteiger partial charge in [0.05, 0.1) is 13.2 Å². The van der Waals surface area contributed by atoms with Crippen LogP contribution in [0.25, 0.3) is 0 Å². The van der Waals surface area contributed by atoms with Gasteiger partial charge in [-0.15, -0.1) is 0 Å². The number of ether oxygens (including phenoxy) is 2. The second-order valence-electron chi connectivity index (χ2n) is 7.31. The number of hydrogen-bond acceptors (Lipinski definition) is 6. The molecule has 0 aliphatic heterocycles. The van der Waals surface area contributed by atoms with E-state index in [2.05, 4.69) is 48.4 Å². The van der Waals surface area contributed by atoms with Crippen molar-refractivity contribution in [3.05, 3.63) is 24.3 Å². The third-order valence-electron chi connectivity index (χ3n) is 4.77. The maximum Gasteiger partial charge on any atom is 0.411 e. The van der Waals surface area contributed by atoms with E-state index >= 15 is 0 Å². The van der Waals surface area contributed by atoms with E-state index in [-0.39, 0.29) is 0 Å². The molecule has 0 saturated carbocycles. The number of benzene rings is 1. The van der Waals surface area contributed by atoms with Gasteiger partial charge in [0, 0.05) is 11.4 Å². The number of carbonyl (C=O) groups is 2. The lowest BCUT2D eigenvalue weighted by atomic mass is 10.3. The van der Waals surface area contributed by atoms with Crippen molar-refractivity contribution in [1.29, 1.82) is 0 Å². The highest BCUT2D eigenvalue weighted by Gasteiger charge is 2.07. The minimum absolute atomic E-state index is 0.377. The first-order valence-corrected chi connectivity index (χ1v) is 10.8. The van der Waals surface area contributed by atoms with Crippen LogP contribution in [0, 0.1) is 0 Å². The zero-order chi connectivity index (χ0) is 22.2. The Morgan fingerprint density at radius 2 is 1.23 bits per heavy atom. The molecule has 0 aliphatic rings. The largest absolute Gasteiger partial charge is 0.449 e. The second kappa shape index (κ2) is 15.5. The van der Waals surface area contributed by atoms with Crippen LogP contribution in [0.4, 0.5) is 21.0 Å². The highest BCUT2D eigenvalue weighted by molar-refractivity contribution is 5.88. The molecule has 0 bridgehead atoms. The third kappa shape index (κ3) is 12.3. The van der Waals surface area contributed by atoms with E-state index in [1.807, 2.05) is 0 Å². The fraction of sp³-hybridized carbons (Fsp3) is 0.636. The van der Waals surface area contributed by atoms with Gasteiger partial charge in [-0.05, 0) is 84.2 Å². The molecule has 0 aromatic heterocycles. The summed E-state index contributed by atoms with van der Waals surface area (Å²) in [4.78, 5) is 28.3. The molecule has 8 nitrogen and oxygen atoms in total. The Bertz CT molecular complexity index is 578. The van der Waals surface area contributed by atoms with Crippen molar-refractivity contribution in [3.63, 3.8) is 0 Å². The molecular weight excluding hydrogens is 384 g/mol. The van der Waals surface area contributed by atoms with Crippen LogP contribution in [-0.2, 0) is 9.47 Å². The van der Waals surface area contributed by atoms with Gasteiger partial charge in [-0.25, -0.2) is 9.59 Å². The Balaban J connectivity index is 2.26. The predicted octanol–water partition coefficient (Wildman–Crippen LogP) is 4.25. The predicted molar refractivity (Wildman–Crippen MR) is 121 cm³/mol. The molecule has 1 aromatic carbocycles. The molecule has 0 fully saturated rings. The first kappa shape index (κ1) is 25.7. The molecule has 0 atom stereocenters. The smallest absolute Gasteiger partial charge is 0.411 e. The van der Waals surface area contributed by atoms with E-state index in [1.54, 1.807) is 24.3 Å². The lowest BCUT2D eigenvalue weighted by Crippen LogP contribution is -2.20. The fourth-order valence-electron chi connectivity index (χ4n) is 2.60. The number of anilines is 2. The third-order valence-corrected chi connectivity index (χ3v) is 4.77. The average molecular weight is 423 g/mol. The van der Waals surface area contributed by atoms with Gasteiger partial charge in [0.1, 0.15) is 0 Å². The Morgan fingerprint density at radius 1 is 0.800 bits per heavy atom. The molecular formula is C22H38N4O4. The summed E-state index contributed by atoms with van der Waals surface area (Å²) in [6.07, 6.45) is 2.59. The molecule has 1 rings (SSSR count). The molecule has 0 aliphatic carbocycles. The average Bonchev–Trinajstić information content (AvgIpc) is 2.73. The van der Waals surface area contributed by atoms with Crippen molar-refractivity contribution in [2.24, 2.45) is 0 Å². The van der Waals surface area contributed by atoms with Crippen molar-refractivity contribution >= 4 is 23.6 Å². The van der Waals surface area contributed by atoms with Crippen molar-refractivity contribution in [3.8, 4) is 0 Å². The molecule has 0 heterocycles. The summed E-state index contributed by atoms with van der Waals surface area (Å²) in [5.74, 6) is 0. The summed E-state index contributed by atoms with van der Waals surface area (Å²) in [6.45, 7) is 8.97. The number of nitrogens with zero attached hydrogens (tertiary/aromatic N) is 2. The number of hydrogen-bond donors (Lipinski definition) is 2. The van der Waals surface area contributed by atoms with Gasteiger partial charge in [-0.2, -0.15) is 0 Å². The van der Waals surface area contributed by atoms with E-state index in [1.165, 1.54) is 0 Å². The molecule has 0 radical (unpaired) electrons. The summed E-state index contributed by atoms with van der Waals surface area (Å²) >= 11 is 0. The van der Waals surface area contributed by atoms with Gasteiger partial charge in [0.25, 0.3) is 0 Å². The van der Waals surface area contributed by atoms with Gasteiger partial charge in [-0.1, -0.05) is 19.9 Å². The maximum atomic E-state index is 11.9. The molecule has 1 aromatic rings. The molecule has 0 saturated heterocycles. The van der Waals surface area contributed by atoms with Crippen LogP contribution in [-0.4, -0.2) is 75.5 Å². The Morgan fingerprint density at radius 3 is 1.63 bits per heavy atom. The van der Waals surface area contributed by atoms with E-state index in [9.17, 15) is 9.59 Å². The van der Waals surface area contributed by atoms with Crippen LogP contribution in [0.2, 0.25) is 0 Å². The molecule has 2 amide bonds. The van der Waals surface area contributed by atoms with Crippen LogP contribution >= 0.6 is 0 Å². The highest BCUT2D eigenvalue weighted by atomic mass is 16.6. The Hall–Kier alpha value is -2.32. The zero-order valence-corrected chi connectivity index (χ0v) is 18.9. The number of amides is 2. The van der Waals surface area contributed by atoms with E-state index < -0.39 is 12.2 Å². The molecule has 0 spiro atoms. The monoisotopic (exact) mass is 422 g/mol. The minimum atomic E-state index is -0.504. The highest BCUT2D eigenvalue weighted by Crippen LogP contribution is 2.15. The normalized spacial score (nSPS) is 10.9. The standard InChI is InChI=1S/C22H38N4O4/c1-5-25(3)14-7-9-16-29-21(27)23-19-12-11-13-20(18-19)24-22(28)30-17-10-8-15-26(4)6-2/h11-13,18H,5-10,14-17H2,1-4H3,(H,23,27)(H,24,28). The Kier molecular flexibility index (Phi) is 13.3. The van der Waals surface area contributed by atoms with Gasteiger partial charge >= 0.3 is 12.2 Å². The van der Waals surface area contributed by atoms with Crippen LogP contribution in [0.1, 0.15) is 39.5 Å². The number of unbranched alkanes of at least 4 members (excludes halogenated alkanes) is 2. The Labute approximate surface area is 180 Å². The zero-order valence-electron chi connectivity index (χ0n) is 18.9. The molecule has 2 N–H and O–H groups in total. The maximum absolute atomic E-state index is 11.9. The van der Waals surface area contributed by atoms with Crippen LogP contribution in [0.3, 0.4) is 0 Å². The molecule has 170 valence electrons. The van der Waals surface area contributed by atoms with Crippen molar-refractivity contribution < 1.29 is 19.1 Å². The number of rotatable bonds is 14. The van der Waals surface area contributed by atoms with Gasteiger partial charge in [0.15, 0.2) is 0 Å². The summed E-state index contributed by atoms with van der Waals surface area (Å²) in [5, 5.41) is 5.35. The van der Waals surface area contributed by atoms with E-state index in [0.717, 1.165) is 51.9 Å². The summed E-state index contributed by atoms with van der Waals surface area (Å²) in [5.41, 5.74) is 1.09.